The molecule has 288 valence electrons. The largest absolute Gasteiger partial charge is 0.0616 e. The Hall–Kier alpha value is -7.02. The summed E-state index contributed by atoms with van der Waals surface area (Å²) in [5, 5.41) is 15.9. The molecule has 11 rings (SSSR count). The van der Waals surface area contributed by atoms with Crippen LogP contribution < -0.4 is 0 Å². The van der Waals surface area contributed by atoms with Crippen molar-refractivity contribution in [2.75, 3.05) is 0 Å². The minimum atomic E-state index is 1.27. The highest BCUT2D eigenvalue weighted by Gasteiger charge is 2.13. The van der Waals surface area contributed by atoms with E-state index in [0.717, 1.165) is 0 Å². The molecule has 0 fully saturated rings. The van der Waals surface area contributed by atoms with E-state index in [-0.39, 0.29) is 0 Å². The third kappa shape index (κ3) is 6.79. The third-order valence-corrected chi connectivity index (χ3v) is 12.2. The molecule has 0 amide bonds. The minimum Gasteiger partial charge on any atom is -0.0616 e. The molecule has 0 bridgehead atoms. The van der Waals surface area contributed by atoms with Crippen LogP contribution in [0.5, 0.6) is 0 Å². The van der Waals surface area contributed by atoms with Crippen molar-refractivity contribution in [1.29, 1.82) is 0 Å². The molecular formula is C60H48. The lowest BCUT2D eigenvalue weighted by Crippen LogP contribution is -1.88. The van der Waals surface area contributed by atoms with Gasteiger partial charge >= 0.3 is 0 Å². The standard InChI is InChI=1S/C34H28.C26H20/c1-21-13-22(2)16-27(15-21)25-9-11-31-29-7-5-6-8-30(29)32-12-10-26(20-34(32)33(31)19-25)28-17-23(3)14-24(4)18-28;1-17-13-18(2)15-20(14-17)19-11-12-25-23-9-4-3-7-21(23)22-8-5-6-10-24(22)26(25)16-19/h5-20H,1-4H3;3-16H,1-2H3. The fourth-order valence-electron chi connectivity index (χ4n) is 9.83. The van der Waals surface area contributed by atoms with Gasteiger partial charge in [-0.15, -0.1) is 0 Å². The number of hydrogen-bond donors (Lipinski definition) is 0. The van der Waals surface area contributed by atoms with Crippen LogP contribution in [0.3, 0.4) is 0 Å². The first-order valence-electron chi connectivity index (χ1n) is 21.1. The third-order valence-electron chi connectivity index (χ3n) is 12.2. The summed E-state index contributed by atoms with van der Waals surface area (Å²) in [6, 6.07) is 67.6. The highest BCUT2D eigenvalue weighted by molar-refractivity contribution is 6.27. The van der Waals surface area contributed by atoms with Gasteiger partial charge in [0.25, 0.3) is 0 Å². The van der Waals surface area contributed by atoms with E-state index in [4.69, 9.17) is 0 Å². The van der Waals surface area contributed by atoms with Crippen LogP contribution in [0.1, 0.15) is 33.4 Å². The van der Waals surface area contributed by atoms with Crippen molar-refractivity contribution in [3.8, 4) is 33.4 Å². The molecule has 0 saturated heterocycles. The predicted molar refractivity (Wildman–Crippen MR) is 263 cm³/mol. The Morgan fingerprint density at radius 2 is 0.367 bits per heavy atom. The number of benzene rings is 11. The smallest absolute Gasteiger partial charge is 0.00926 e. The molecule has 0 heterocycles. The van der Waals surface area contributed by atoms with Crippen molar-refractivity contribution in [3.63, 3.8) is 0 Å². The first-order valence-corrected chi connectivity index (χ1v) is 21.1. The molecule has 0 saturated carbocycles. The second-order valence-electron chi connectivity index (χ2n) is 17.0. The van der Waals surface area contributed by atoms with E-state index in [1.807, 2.05) is 0 Å². The van der Waals surface area contributed by atoms with E-state index in [0.29, 0.717) is 0 Å². The number of fused-ring (bicyclic) bond motifs is 12. The zero-order valence-electron chi connectivity index (χ0n) is 35.3. The van der Waals surface area contributed by atoms with Gasteiger partial charge in [0.2, 0.25) is 0 Å². The van der Waals surface area contributed by atoms with Gasteiger partial charge in [0.1, 0.15) is 0 Å². The van der Waals surface area contributed by atoms with Crippen molar-refractivity contribution in [2.24, 2.45) is 0 Å². The average molecular weight is 769 g/mol. The maximum atomic E-state index is 2.39. The van der Waals surface area contributed by atoms with Crippen molar-refractivity contribution in [1.82, 2.24) is 0 Å². The van der Waals surface area contributed by atoms with Crippen molar-refractivity contribution < 1.29 is 0 Å². The van der Waals surface area contributed by atoms with E-state index in [1.54, 1.807) is 0 Å². The van der Waals surface area contributed by atoms with E-state index in [9.17, 15) is 0 Å². The molecule has 0 nitrogen and oxygen atoms in total. The number of aryl methyl sites for hydroxylation is 6. The Morgan fingerprint density at radius 1 is 0.167 bits per heavy atom. The second kappa shape index (κ2) is 15.0. The summed E-state index contributed by atoms with van der Waals surface area (Å²) >= 11 is 0. The molecule has 0 aliphatic carbocycles. The van der Waals surface area contributed by atoms with Crippen LogP contribution in [0.25, 0.3) is 98.0 Å². The van der Waals surface area contributed by atoms with E-state index < -0.39 is 0 Å². The van der Waals surface area contributed by atoms with E-state index >= 15 is 0 Å². The predicted octanol–water partition coefficient (Wildman–Crippen LogP) is 17.1. The summed E-state index contributed by atoms with van der Waals surface area (Å²) in [7, 11) is 0. The lowest BCUT2D eigenvalue weighted by molar-refractivity contribution is 1.38. The van der Waals surface area contributed by atoms with Gasteiger partial charge in [-0.05, 0) is 158 Å². The van der Waals surface area contributed by atoms with Crippen LogP contribution in [0, 0.1) is 41.5 Å². The fourth-order valence-corrected chi connectivity index (χ4v) is 9.83. The topological polar surface area (TPSA) is 0 Å². The molecule has 60 heavy (non-hydrogen) atoms. The summed E-state index contributed by atoms with van der Waals surface area (Å²) in [6.07, 6.45) is 0. The molecule has 0 atom stereocenters. The molecule has 11 aromatic carbocycles. The SMILES string of the molecule is Cc1cc(C)cc(-c2ccc3c4ccccc4c4ccc(-c5cc(C)cc(C)c5)cc4c3c2)c1.Cc1cc(C)cc(-c2ccc3c4ccccc4c4ccccc4c3c2)c1. The number of rotatable bonds is 3. The Bertz CT molecular complexity index is 3260. The zero-order valence-corrected chi connectivity index (χ0v) is 35.3. The monoisotopic (exact) mass is 768 g/mol. The average Bonchev–Trinajstić information content (AvgIpc) is 3.25. The van der Waals surface area contributed by atoms with Crippen molar-refractivity contribution >= 4 is 64.6 Å². The van der Waals surface area contributed by atoms with Crippen LogP contribution in [-0.4, -0.2) is 0 Å². The molecule has 0 radical (unpaired) electrons. The van der Waals surface area contributed by atoms with Gasteiger partial charge in [-0.3, -0.25) is 0 Å². The summed E-state index contributed by atoms with van der Waals surface area (Å²) in [5.41, 5.74) is 15.5. The molecule has 0 aromatic heterocycles. The Kier molecular flexibility index (Phi) is 9.30. The van der Waals surface area contributed by atoms with Gasteiger partial charge in [0, 0.05) is 0 Å². The summed E-state index contributed by atoms with van der Waals surface area (Å²) in [5.74, 6) is 0. The van der Waals surface area contributed by atoms with E-state index in [2.05, 4.69) is 224 Å². The Labute approximate surface area is 353 Å². The fraction of sp³-hybridized carbons (Fsp3) is 0.100. The highest BCUT2D eigenvalue weighted by Crippen LogP contribution is 2.40. The first-order chi connectivity index (χ1) is 29.2. The highest BCUT2D eigenvalue weighted by atomic mass is 14.2. The van der Waals surface area contributed by atoms with Crippen LogP contribution in [0.4, 0.5) is 0 Å². The van der Waals surface area contributed by atoms with Gasteiger partial charge in [-0.25, -0.2) is 0 Å². The summed E-state index contributed by atoms with van der Waals surface area (Å²) in [6.45, 7) is 13.0. The molecular weight excluding hydrogens is 721 g/mol. The molecule has 0 spiro atoms. The Morgan fingerprint density at radius 3 is 0.617 bits per heavy atom. The quantitative estimate of drug-likeness (QED) is 0.157. The lowest BCUT2D eigenvalue weighted by Gasteiger charge is -2.14. The van der Waals surface area contributed by atoms with Crippen LogP contribution >= 0.6 is 0 Å². The van der Waals surface area contributed by atoms with Crippen molar-refractivity contribution in [3.05, 3.63) is 215 Å². The zero-order chi connectivity index (χ0) is 41.1. The molecule has 11 aromatic rings. The van der Waals surface area contributed by atoms with Gasteiger partial charge in [-0.1, -0.05) is 197 Å². The van der Waals surface area contributed by atoms with Crippen molar-refractivity contribution in [2.45, 2.75) is 41.5 Å². The second-order valence-corrected chi connectivity index (χ2v) is 17.0. The molecule has 0 heteroatoms. The molecule has 0 N–H and O–H groups in total. The summed E-state index contributed by atoms with van der Waals surface area (Å²) in [4.78, 5) is 0. The summed E-state index contributed by atoms with van der Waals surface area (Å²) < 4.78 is 0. The maximum absolute atomic E-state index is 2.39. The van der Waals surface area contributed by atoms with Crippen LogP contribution in [0.15, 0.2) is 182 Å². The number of hydrogen-bond acceptors (Lipinski definition) is 0. The van der Waals surface area contributed by atoms with E-state index in [1.165, 1.54) is 131 Å². The minimum absolute atomic E-state index is 1.27. The lowest BCUT2D eigenvalue weighted by atomic mass is 9.89. The molecule has 0 unspecified atom stereocenters. The first kappa shape index (κ1) is 37.3. The van der Waals surface area contributed by atoms with Crippen LogP contribution in [-0.2, 0) is 0 Å². The van der Waals surface area contributed by atoms with Gasteiger partial charge in [-0.2, -0.15) is 0 Å². The van der Waals surface area contributed by atoms with Gasteiger partial charge in [0.05, 0.1) is 0 Å². The Balaban J connectivity index is 0.000000149. The van der Waals surface area contributed by atoms with Crippen LogP contribution in [0.2, 0.25) is 0 Å². The van der Waals surface area contributed by atoms with Gasteiger partial charge in [0.15, 0.2) is 0 Å². The normalized spacial score (nSPS) is 11.5. The maximum Gasteiger partial charge on any atom is -0.00926 e. The van der Waals surface area contributed by atoms with Gasteiger partial charge < -0.3 is 0 Å². The molecule has 0 aliphatic rings. The molecule has 0 aliphatic heterocycles.